The molecule has 3 fully saturated rings. The number of nitrogens with one attached hydrogen (secondary N) is 2. The number of halogens is 2. The number of hydrogen-bond acceptors (Lipinski definition) is 6. The summed E-state index contributed by atoms with van der Waals surface area (Å²) < 4.78 is 31.8. The van der Waals surface area contributed by atoms with Crippen molar-refractivity contribution in [2.24, 2.45) is 7.05 Å². The molecule has 4 heterocycles. The number of piperazine rings is 1. The maximum absolute atomic E-state index is 14.4. The second-order valence-corrected chi connectivity index (χ2v) is 9.09. The van der Waals surface area contributed by atoms with Crippen LogP contribution in [0.1, 0.15) is 25.3 Å². The van der Waals surface area contributed by atoms with Crippen molar-refractivity contribution in [2.45, 2.75) is 37.3 Å². The molecule has 3 aliphatic rings. The quantitative estimate of drug-likeness (QED) is 0.644. The largest absolute Gasteiger partial charge is 0.367 e. The number of alkyl halides is 2. The number of imide groups is 1. The van der Waals surface area contributed by atoms with Gasteiger partial charge in [-0.05, 0) is 31.5 Å². The van der Waals surface area contributed by atoms with E-state index in [0.29, 0.717) is 50.2 Å². The van der Waals surface area contributed by atoms with E-state index >= 15 is 0 Å². The summed E-state index contributed by atoms with van der Waals surface area (Å²) in [5.41, 5.74) is 1.85. The fraction of sp³-hybridized carbons (Fsp3) is 0.591. The SMILES string of the molecule is Cn1c(=O)n(C2CCC(=O)NC2=O)c2cccc(N3CCN([C@H]4CCNCC4(F)F)CC3)c21. The molecule has 0 bridgehead atoms. The average Bonchev–Trinajstić information content (AvgIpc) is 3.04. The van der Waals surface area contributed by atoms with E-state index in [4.69, 9.17) is 0 Å². The van der Waals surface area contributed by atoms with Crippen molar-refractivity contribution in [2.75, 3.05) is 44.2 Å². The topological polar surface area (TPSA) is 91.6 Å². The summed E-state index contributed by atoms with van der Waals surface area (Å²) in [5, 5.41) is 5.10. The maximum atomic E-state index is 14.4. The lowest BCUT2D eigenvalue weighted by molar-refractivity contribution is -0.135. The summed E-state index contributed by atoms with van der Waals surface area (Å²) in [7, 11) is 1.67. The number of nitrogens with zero attached hydrogens (tertiary/aromatic N) is 4. The van der Waals surface area contributed by atoms with Gasteiger partial charge in [-0.15, -0.1) is 0 Å². The van der Waals surface area contributed by atoms with Crippen LogP contribution in [0, 0.1) is 0 Å². The second kappa shape index (κ2) is 8.21. The summed E-state index contributed by atoms with van der Waals surface area (Å²) in [6.45, 7) is 2.47. The molecule has 11 heteroatoms. The summed E-state index contributed by atoms with van der Waals surface area (Å²) in [6, 6.07) is 4.07. The molecule has 0 radical (unpaired) electrons. The minimum Gasteiger partial charge on any atom is -0.367 e. The number of hydrogen-bond donors (Lipinski definition) is 2. The highest BCUT2D eigenvalue weighted by Gasteiger charge is 2.45. The van der Waals surface area contributed by atoms with Crippen molar-refractivity contribution >= 4 is 28.5 Å². The lowest BCUT2D eigenvalue weighted by atomic mass is 9.99. The Kier molecular flexibility index (Phi) is 5.48. The van der Waals surface area contributed by atoms with Gasteiger partial charge in [-0.2, -0.15) is 0 Å². The Morgan fingerprint density at radius 3 is 2.52 bits per heavy atom. The number of amides is 2. The maximum Gasteiger partial charge on any atom is 0.329 e. The molecule has 3 aliphatic heterocycles. The van der Waals surface area contributed by atoms with Gasteiger partial charge in [0.25, 0.3) is 5.92 Å². The van der Waals surface area contributed by atoms with Crippen molar-refractivity contribution in [3.8, 4) is 0 Å². The molecule has 9 nitrogen and oxygen atoms in total. The van der Waals surface area contributed by atoms with Crippen molar-refractivity contribution in [3.63, 3.8) is 0 Å². The summed E-state index contributed by atoms with van der Waals surface area (Å²) >= 11 is 0. The first kappa shape index (κ1) is 22.0. The van der Waals surface area contributed by atoms with Gasteiger partial charge in [0.2, 0.25) is 11.8 Å². The number of anilines is 1. The Bertz CT molecular complexity index is 1150. The van der Waals surface area contributed by atoms with E-state index in [2.05, 4.69) is 15.5 Å². The number of aryl methyl sites for hydroxylation is 1. The minimum atomic E-state index is -2.75. The Balaban J connectivity index is 1.43. The molecule has 1 unspecified atom stereocenters. The van der Waals surface area contributed by atoms with Crippen LogP contribution in [0.2, 0.25) is 0 Å². The van der Waals surface area contributed by atoms with Crippen molar-refractivity contribution in [1.82, 2.24) is 24.7 Å². The third-order valence-corrected chi connectivity index (χ3v) is 7.14. The number of rotatable bonds is 3. The molecular formula is C22H28F2N6O3. The van der Waals surface area contributed by atoms with E-state index in [1.807, 2.05) is 17.0 Å². The van der Waals surface area contributed by atoms with Crippen LogP contribution in [-0.4, -0.2) is 77.1 Å². The van der Waals surface area contributed by atoms with E-state index in [0.717, 1.165) is 5.69 Å². The van der Waals surface area contributed by atoms with E-state index < -0.39 is 23.9 Å². The first-order chi connectivity index (χ1) is 15.8. The van der Waals surface area contributed by atoms with Crippen LogP contribution < -0.4 is 21.2 Å². The number of fused-ring (bicyclic) bond motifs is 1. The van der Waals surface area contributed by atoms with Gasteiger partial charge in [0.05, 0.1) is 29.3 Å². The predicted molar refractivity (Wildman–Crippen MR) is 119 cm³/mol. The van der Waals surface area contributed by atoms with E-state index in [9.17, 15) is 23.2 Å². The Labute approximate surface area is 189 Å². The first-order valence-corrected chi connectivity index (χ1v) is 11.4. The van der Waals surface area contributed by atoms with Crippen LogP contribution in [0.5, 0.6) is 0 Å². The number of carbonyl (C=O) groups is 2. The molecule has 1 aromatic heterocycles. The minimum absolute atomic E-state index is 0.183. The van der Waals surface area contributed by atoms with Gasteiger partial charge in [-0.25, -0.2) is 13.6 Å². The highest BCUT2D eigenvalue weighted by atomic mass is 19.3. The van der Waals surface area contributed by atoms with Crippen LogP contribution in [0.3, 0.4) is 0 Å². The zero-order chi connectivity index (χ0) is 23.3. The monoisotopic (exact) mass is 462 g/mol. The molecule has 178 valence electrons. The van der Waals surface area contributed by atoms with Gasteiger partial charge in [0.1, 0.15) is 6.04 Å². The highest BCUT2D eigenvalue weighted by molar-refractivity contribution is 6.00. The molecule has 2 N–H and O–H groups in total. The number of carbonyl (C=O) groups excluding carboxylic acids is 2. The number of aromatic nitrogens is 2. The Morgan fingerprint density at radius 2 is 1.82 bits per heavy atom. The fourth-order valence-corrected chi connectivity index (χ4v) is 5.45. The predicted octanol–water partition coefficient (Wildman–Crippen LogP) is 0.437. The molecule has 33 heavy (non-hydrogen) atoms. The van der Waals surface area contributed by atoms with Crippen LogP contribution in [0.25, 0.3) is 11.0 Å². The summed E-state index contributed by atoms with van der Waals surface area (Å²) in [6.07, 6.45) is 0.880. The Morgan fingerprint density at radius 1 is 1.06 bits per heavy atom. The zero-order valence-electron chi connectivity index (χ0n) is 18.5. The molecule has 1 aromatic carbocycles. The third kappa shape index (κ3) is 3.72. The van der Waals surface area contributed by atoms with Gasteiger partial charge in [0, 0.05) is 39.6 Å². The first-order valence-electron chi connectivity index (χ1n) is 11.4. The molecule has 5 rings (SSSR count). The normalized spacial score (nSPS) is 26.6. The summed E-state index contributed by atoms with van der Waals surface area (Å²) in [4.78, 5) is 41.1. The van der Waals surface area contributed by atoms with Crippen LogP contribution in [0.15, 0.2) is 23.0 Å². The summed E-state index contributed by atoms with van der Waals surface area (Å²) in [5.74, 6) is -3.55. The molecular weight excluding hydrogens is 434 g/mol. The van der Waals surface area contributed by atoms with Crippen molar-refractivity contribution in [1.29, 1.82) is 0 Å². The zero-order valence-corrected chi connectivity index (χ0v) is 18.5. The van der Waals surface area contributed by atoms with E-state index in [1.54, 1.807) is 13.1 Å². The highest BCUT2D eigenvalue weighted by Crippen LogP contribution is 2.32. The smallest absolute Gasteiger partial charge is 0.329 e. The molecule has 2 aromatic rings. The van der Waals surface area contributed by atoms with Gasteiger partial charge in [-0.1, -0.05) is 6.07 Å². The van der Waals surface area contributed by atoms with Crippen molar-refractivity contribution in [3.05, 3.63) is 28.7 Å². The lowest BCUT2D eigenvalue weighted by Gasteiger charge is -2.44. The van der Waals surface area contributed by atoms with Crippen LogP contribution >= 0.6 is 0 Å². The Hall–Kier alpha value is -2.79. The standard InChI is InChI=1S/C22H28F2N6O3/c1-27-19-14(28-9-11-29(12-10-28)17-7-8-25-13-22(17,23)24)3-2-4-15(19)30(21(27)33)16-5-6-18(31)26-20(16)32/h2-4,16-17,25H,5-13H2,1H3,(H,26,31,32)/t16?,17-/m0/s1. The fourth-order valence-electron chi connectivity index (χ4n) is 5.45. The molecule has 0 spiro atoms. The molecule has 2 amide bonds. The van der Waals surface area contributed by atoms with Crippen LogP contribution in [0.4, 0.5) is 14.5 Å². The number of benzene rings is 1. The van der Waals surface area contributed by atoms with E-state index in [1.165, 1.54) is 9.13 Å². The van der Waals surface area contributed by atoms with Gasteiger partial charge >= 0.3 is 5.69 Å². The van der Waals surface area contributed by atoms with Crippen molar-refractivity contribution < 1.29 is 18.4 Å². The third-order valence-electron chi connectivity index (χ3n) is 7.14. The van der Waals surface area contributed by atoms with Gasteiger partial charge in [-0.3, -0.25) is 28.9 Å². The number of imidazole rings is 1. The van der Waals surface area contributed by atoms with Crippen LogP contribution in [-0.2, 0) is 16.6 Å². The average molecular weight is 463 g/mol. The van der Waals surface area contributed by atoms with Gasteiger partial charge in [0.15, 0.2) is 0 Å². The second-order valence-electron chi connectivity index (χ2n) is 9.09. The number of para-hydroxylation sites is 1. The molecule has 3 saturated heterocycles. The molecule has 0 saturated carbocycles. The van der Waals surface area contributed by atoms with Gasteiger partial charge < -0.3 is 10.2 Å². The lowest BCUT2D eigenvalue weighted by Crippen LogP contribution is -2.61. The molecule has 0 aliphatic carbocycles. The van der Waals surface area contributed by atoms with E-state index in [-0.39, 0.29) is 31.0 Å². The molecule has 2 atom stereocenters. The number of piperidine rings is 2.